The summed E-state index contributed by atoms with van der Waals surface area (Å²) in [6, 6.07) is 5.17. The highest BCUT2D eigenvalue weighted by Crippen LogP contribution is 2.26. The zero-order valence-corrected chi connectivity index (χ0v) is 13.3. The average molecular weight is 298 g/mol. The molecule has 0 bridgehead atoms. The van der Waals surface area contributed by atoms with Crippen LogP contribution in [0, 0.1) is 5.82 Å². The molecule has 0 aliphatic heterocycles. The van der Waals surface area contributed by atoms with E-state index in [1.54, 1.807) is 20.3 Å². The number of ether oxygens (including phenoxy) is 2. The van der Waals surface area contributed by atoms with Crippen molar-refractivity contribution in [1.29, 1.82) is 0 Å². The SMILES string of the molecule is COCCCN(CCOC)c1c(F)cccc1CC(C)N. The third kappa shape index (κ3) is 5.99. The Balaban J connectivity index is 2.97. The zero-order valence-electron chi connectivity index (χ0n) is 13.3. The maximum absolute atomic E-state index is 14.3. The van der Waals surface area contributed by atoms with Crippen LogP contribution in [0.5, 0.6) is 0 Å². The van der Waals surface area contributed by atoms with E-state index in [0.717, 1.165) is 18.5 Å². The summed E-state index contributed by atoms with van der Waals surface area (Å²) in [5.41, 5.74) is 7.46. The van der Waals surface area contributed by atoms with Crippen LogP contribution in [0.2, 0.25) is 0 Å². The highest BCUT2D eigenvalue weighted by molar-refractivity contribution is 5.55. The molecule has 2 N–H and O–H groups in total. The van der Waals surface area contributed by atoms with Gasteiger partial charge in [-0.2, -0.15) is 0 Å². The van der Waals surface area contributed by atoms with Crippen LogP contribution in [0.25, 0.3) is 0 Å². The first-order chi connectivity index (χ1) is 10.1. The van der Waals surface area contributed by atoms with Crippen molar-refractivity contribution in [2.75, 3.05) is 45.4 Å². The Hall–Kier alpha value is -1.17. The van der Waals surface area contributed by atoms with Crippen molar-refractivity contribution < 1.29 is 13.9 Å². The van der Waals surface area contributed by atoms with Crippen molar-refractivity contribution in [2.45, 2.75) is 25.8 Å². The van der Waals surface area contributed by atoms with Gasteiger partial charge in [0.15, 0.2) is 0 Å². The van der Waals surface area contributed by atoms with E-state index < -0.39 is 0 Å². The van der Waals surface area contributed by atoms with Gasteiger partial charge in [-0.25, -0.2) is 4.39 Å². The molecule has 0 spiro atoms. The maximum Gasteiger partial charge on any atom is 0.146 e. The topological polar surface area (TPSA) is 47.7 Å². The molecule has 120 valence electrons. The molecule has 0 heterocycles. The smallest absolute Gasteiger partial charge is 0.146 e. The van der Waals surface area contributed by atoms with E-state index in [9.17, 15) is 4.39 Å². The summed E-state index contributed by atoms with van der Waals surface area (Å²) in [5.74, 6) is -0.207. The molecule has 1 rings (SSSR count). The maximum atomic E-state index is 14.3. The Morgan fingerprint density at radius 3 is 2.52 bits per heavy atom. The Morgan fingerprint density at radius 2 is 1.90 bits per heavy atom. The normalized spacial score (nSPS) is 12.4. The number of nitrogens with zero attached hydrogens (tertiary/aromatic N) is 1. The molecule has 1 atom stereocenters. The molecule has 0 saturated carbocycles. The molecule has 1 unspecified atom stereocenters. The third-order valence-corrected chi connectivity index (χ3v) is 3.27. The van der Waals surface area contributed by atoms with Crippen LogP contribution >= 0.6 is 0 Å². The van der Waals surface area contributed by atoms with Gasteiger partial charge in [-0.1, -0.05) is 12.1 Å². The molecule has 0 fully saturated rings. The molecule has 0 aliphatic rings. The first-order valence-corrected chi connectivity index (χ1v) is 7.36. The van der Waals surface area contributed by atoms with Gasteiger partial charge in [0.2, 0.25) is 0 Å². The van der Waals surface area contributed by atoms with Gasteiger partial charge in [-0.3, -0.25) is 0 Å². The largest absolute Gasteiger partial charge is 0.385 e. The first kappa shape index (κ1) is 17.9. The molecule has 0 amide bonds. The van der Waals surface area contributed by atoms with Gasteiger partial charge in [0, 0.05) is 40.0 Å². The number of benzene rings is 1. The molecule has 0 radical (unpaired) electrons. The molecule has 5 heteroatoms. The van der Waals surface area contributed by atoms with Crippen molar-refractivity contribution in [3.8, 4) is 0 Å². The molecule has 21 heavy (non-hydrogen) atoms. The molecule has 1 aromatic rings. The Labute approximate surface area is 127 Å². The van der Waals surface area contributed by atoms with Gasteiger partial charge < -0.3 is 20.1 Å². The van der Waals surface area contributed by atoms with E-state index in [1.807, 2.05) is 17.9 Å². The van der Waals surface area contributed by atoms with Crippen LogP contribution < -0.4 is 10.6 Å². The standard InChI is InChI=1S/C16H27FN2O2/c1-13(18)12-14-6-4-7-15(17)16(14)19(9-11-21-3)8-5-10-20-2/h4,6-7,13H,5,8-12,18H2,1-3H3. The van der Waals surface area contributed by atoms with Crippen LogP contribution in [-0.4, -0.2) is 46.6 Å². The lowest BCUT2D eigenvalue weighted by atomic mass is 10.0. The molecule has 4 nitrogen and oxygen atoms in total. The first-order valence-electron chi connectivity index (χ1n) is 7.36. The summed E-state index contributed by atoms with van der Waals surface area (Å²) < 4.78 is 24.6. The Bertz CT molecular complexity index is 413. The van der Waals surface area contributed by atoms with E-state index in [-0.39, 0.29) is 11.9 Å². The van der Waals surface area contributed by atoms with Gasteiger partial charge >= 0.3 is 0 Å². The second-order valence-electron chi connectivity index (χ2n) is 5.26. The monoisotopic (exact) mass is 298 g/mol. The van der Waals surface area contributed by atoms with Crippen LogP contribution in [0.4, 0.5) is 10.1 Å². The minimum absolute atomic E-state index is 0.00574. The summed E-state index contributed by atoms with van der Waals surface area (Å²) in [7, 11) is 3.32. The second kappa shape index (κ2) is 9.71. The Kier molecular flexibility index (Phi) is 8.27. The number of rotatable bonds is 10. The number of para-hydroxylation sites is 1. The van der Waals surface area contributed by atoms with Crippen molar-refractivity contribution >= 4 is 5.69 Å². The number of halogens is 1. The second-order valence-corrected chi connectivity index (χ2v) is 5.26. The molecule has 0 saturated heterocycles. The number of nitrogens with two attached hydrogens (primary N) is 1. The predicted molar refractivity (Wildman–Crippen MR) is 84.3 cm³/mol. The average Bonchev–Trinajstić information content (AvgIpc) is 2.43. The fourth-order valence-electron chi connectivity index (χ4n) is 2.36. The predicted octanol–water partition coefficient (Wildman–Crippen LogP) is 2.20. The van der Waals surface area contributed by atoms with Crippen molar-refractivity contribution in [2.24, 2.45) is 5.73 Å². The van der Waals surface area contributed by atoms with E-state index in [2.05, 4.69) is 0 Å². The van der Waals surface area contributed by atoms with Crippen molar-refractivity contribution in [1.82, 2.24) is 0 Å². The molecule has 1 aromatic carbocycles. The van der Waals surface area contributed by atoms with Gasteiger partial charge in [0.1, 0.15) is 5.82 Å². The van der Waals surface area contributed by atoms with Crippen molar-refractivity contribution in [3.63, 3.8) is 0 Å². The molecular weight excluding hydrogens is 271 g/mol. The van der Waals surface area contributed by atoms with E-state index in [4.69, 9.17) is 15.2 Å². The number of anilines is 1. The van der Waals surface area contributed by atoms with Crippen molar-refractivity contribution in [3.05, 3.63) is 29.6 Å². The lowest BCUT2D eigenvalue weighted by Gasteiger charge is -2.28. The van der Waals surface area contributed by atoms with E-state index in [0.29, 0.717) is 31.9 Å². The minimum atomic E-state index is -0.207. The summed E-state index contributed by atoms with van der Waals surface area (Å²) in [4.78, 5) is 2.02. The number of hydrogen-bond donors (Lipinski definition) is 1. The highest BCUT2D eigenvalue weighted by Gasteiger charge is 2.16. The fourth-order valence-corrected chi connectivity index (χ4v) is 2.36. The van der Waals surface area contributed by atoms with E-state index in [1.165, 1.54) is 6.07 Å². The van der Waals surface area contributed by atoms with Crippen LogP contribution in [0.3, 0.4) is 0 Å². The lowest BCUT2D eigenvalue weighted by Crippen LogP contribution is -2.31. The van der Waals surface area contributed by atoms with Crippen LogP contribution in [0.1, 0.15) is 18.9 Å². The van der Waals surface area contributed by atoms with Crippen LogP contribution in [0.15, 0.2) is 18.2 Å². The fraction of sp³-hybridized carbons (Fsp3) is 0.625. The van der Waals surface area contributed by atoms with Gasteiger partial charge in [0.05, 0.1) is 12.3 Å². The van der Waals surface area contributed by atoms with Crippen LogP contribution in [-0.2, 0) is 15.9 Å². The molecule has 0 aromatic heterocycles. The van der Waals surface area contributed by atoms with Gasteiger partial charge in [0.25, 0.3) is 0 Å². The summed E-state index contributed by atoms with van der Waals surface area (Å²) >= 11 is 0. The third-order valence-electron chi connectivity index (χ3n) is 3.27. The van der Waals surface area contributed by atoms with Gasteiger partial charge in [-0.15, -0.1) is 0 Å². The summed E-state index contributed by atoms with van der Waals surface area (Å²) in [6.45, 7) is 4.51. The minimum Gasteiger partial charge on any atom is -0.385 e. The lowest BCUT2D eigenvalue weighted by molar-refractivity contribution is 0.191. The van der Waals surface area contributed by atoms with E-state index >= 15 is 0 Å². The van der Waals surface area contributed by atoms with Gasteiger partial charge in [-0.05, 0) is 31.4 Å². The highest BCUT2D eigenvalue weighted by atomic mass is 19.1. The summed E-state index contributed by atoms with van der Waals surface area (Å²) in [5, 5.41) is 0. The molecule has 0 aliphatic carbocycles. The summed E-state index contributed by atoms with van der Waals surface area (Å²) in [6.07, 6.45) is 1.49. The quantitative estimate of drug-likeness (QED) is 0.673. The zero-order chi connectivity index (χ0) is 15.7. The number of methoxy groups -OCH3 is 2. The number of hydrogen-bond acceptors (Lipinski definition) is 4. The Morgan fingerprint density at radius 1 is 1.19 bits per heavy atom. The molecular formula is C16H27FN2O2.